The van der Waals surface area contributed by atoms with E-state index in [1.165, 1.54) is 4.90 Å². The van der Waals surface area contributed by atoms with E-state index in [-0.39, 0.29) is 23.9 Å². The molecule has 0 atom stereocenters. The molecule has 0 radical (unpaired) electrons. The SMILES string of the molecule is CC1CC[NH+](Cc2oc(CO)cc(=O)c2O)CC1. The summed E-state index contributed by atoms with van der Waals surface area (Å²) >= 11 is 0. The summed E-state index contributed by atoms with van der Waals surface area (Å²) in [5.41, 5.74) is -0.481. The third kappa shape index (κ3) is 2.91. The van der Waals surface area contributed by atoms with Crippen LogP contribution in [0, 0.1) is 5.92 Å². The van der Waals surface area contributed by atoms with Gasteiger partial charge in [0.15, 0.2) is 0 Å². The van der Waals surface area contributed by atoms with Gasteiger partial charge >= 0.3 is 0 Å². The van der Waals surface area contributed by atoms with Crippen molar-refractivity contribution < 1.29 is 19.5 Å². The Balaban J connectivity index is 2.13. The summed E-state index contributed by atoms with van der Waals surface area (Å²) in [5, 5.41) is 18.7. The van der Waals surface area contributed by atoms with Crippen molar-refractivity contribution in [3.05, 3.63) is 27.8 Å². The van der Waals surface area contributed by atoms with Gasteiger partial charge in [-0.3, -0.25) is 4.79 Å². The van der Waals surface area contributed by atoms with E-state index in [0.717, 1.165) is 37.9 Å². The van der Waals surface area contributed by atoms with Crippen LogP contribution in [-0.2, 0) is 13.2 Å². The lowest BCUT2D eigenvalue weighted by Crippen LogP contribution is -3.11. The number of piperidine rings is 1. The second kappa shape index (κ2) is 5.54. The minimum Gasteiger partial charge on any atom is -0.502 e. The Morgan fingerprint density at radius 2 is 2.11 bits per heavy atom. The maximum atomic E-state index is 11.5. The number of aliphatic hydroxyl groups is 1. The molecule has 0 unspecified atom stereocenters. The monoisotopic (exact) mass is 254 g/mol. The van der Waals surface area contributed by atoms with Crippen molar-refractivity contribution >= 4 is 0 Å². The average molecular weight is 254 g/mol. The Morgan fingerprint density at radius 3 is 2.72 bits per heavy atom. The molecule has 1 aliphatic rings. The molecule has 3 N–H and O–H groups in total. The van der Waals surface area contributed by atoms with E-state index >= 15 is 0 Å². The molecule has 100 valence electrons. The van der Waals surface area contributed by atoms with Crippen LogP contribution in [0.3, 0.4) is 0 Å². The van der Waals surface area contributed by atoms with Gasteiger partial charge in [-0.1, -0.05) is 6.92 Å². The Morgan fingerprint density at radius 1 is 1.44 bits per heavy atom. The summed E-state index contributed by atoms with van der Waals surface area (Å²) < 4.78 is 5.35. The van der Waals surface area contributed by atoms with Crippen LogP contribution in [0.1, 0.15) is 31.3 Å². The third-order valence-corrected chi connectivity index (χ3v) is 3.59. The smallest absolute Gasteiger partial charge is 0.227 e. The topological polar surface area (TPSA) is 75.1 Å². The molecule has 2 heterocycles. The molecule has 1 aliphatic heterocycles. The average Bonchev–Trinajstić information content (AvgIpc) is 2.37. The molecule has 0 saturated carbocycles. The van der Waals surface area contributed by atoms with Crippen molar-refractivity contribution in [2.24, 2.45) is 5.92 Å². The van der Waals surface area contributed by atoms with E-state index in [1.807, 2.05) is 0 Å². The molecule has 0 spiro atoms. The summed E-state index contributed by atoms with van der Waals surface area (Å²) in [6, 6.07) is 1.13. The Labute approximate surface area is 106 Å². The van der Waals surface area contributed by atoms with Gasteiger partial charge in [-0.2, -0.15) is 0 Å². The van der Waals surface area contributed by atoms with Gasteiger partial charge in [0.1, 0.15) is 18.9 Å². The lowest BCUT2D eigenvalue weighted by atomic mass is 9.99. The molecule has 0 bridgehead atoms. The van der Waals surface area contributed by atoms with Crippen molar-refractivity contribution in [3.63, 3.8) is 0 Å². The molecule has 0 amide bonds. The predicted molar refractivity (Wildman–Crippen MR) is 65.4 cm³/mol. The highest BCUT2D eigenvalue weighted by atomic mass is 16.4. The van der Waals surface area contributed by atoms with Crippen LogP contribution in [0.2, 0.25) is 0 Å². The van der Waals surface area contributed by atoms with Crippen LogP contribution < -0.4 is 10.3 Å². The van der Waals surface area contributed by atoms with Gasteiger partial charge in [0.05, 0.1) is 13.1 Å². The molecule has 5 nitrogen and oxygen atoms in total. The highest BCUT2D eigenvalue weighted by molar-refractivity contribution is 5.24. The minimum atomic E-state index is -0.481. The van der Waals surface area contributed by atoms with E-state index in [4.69, 9.17) is 9.52 Å². The fourth-order valence-corrected chi connectivity index (χ4v) is 2.36. The Kier molecular flexibility index (Phi) is 4.04. The first-order valence-corrected chi connectivity index (χ1v) is 6.39. The molecule has 0 aliphatic carbocycles. The van der Waals surface area contributed by atoms with E-state index < -0.39 is 5.43 Å². The van der Waals surface area contributed by atoms with E-state index in [0.29, 0.717) is 6.54 Å². The van der Waals surface area contributed by atoms with Gasteiger partial charge < -0.3 is 19.5 Å². The normalized spacial score (nSPS) is 24.1. The second-order valence-electron chi connectivity index (χ2n) is 5.12. The lowest BCUT2D eigenvalue weighted by Gasteiger charge is -2.26. The second-order valence-corrected chi connectivity index (χ2v) is 5.12. The summed E-state index contributed by atoms with van der Waals surface area (Å²) in [5.74, 6) is 0.921. The van der Waals surface area contributed by atoms with Gasteiger partial charge in [-0.25, -0.2) is 0 Å². The van der Waals surface area contributed by atoms with Crippen LogP contribution in [0.4, 0.5) is 0 Å². The minimum absolute atomic E-state index is 0.206. The lowest BCUT2D eigenvalue weighted by molar-refractivity contribution is -0.920. The zero-order valence-electron chi connectivity index (χ0n) is 10.6. The summed E-state index contributed by atoms with van der Waals surface area (Å²) in [6.07, 6.45) is 2.31. The molecule has 1 aromatic rings. The quantitative estimate of drug-likeness (QED) is 0.689. The number of hydrogen-bond donors (Lipinski definition) is 3. The van der Waals surface area contributed by atoms with Crippen molar-refractivity contribution in [3.8, 4) is 5.75 Å². The van der Waals surface area contributed by atoms with Crippen LogP contribution in [-0.4, -0.2) is 23.3 Å². The van der Waals surface area contributed by atoms with E-state index in [1.54, 1.807) is 0 Å². The van der Waals surface area contributed by atoms with Crippen molar-refractivity contribution in [2.75, 3.05) is 13.1 Å². The fraction of sp³-hybridized carbons (Fsp3) is 0.615. The summed E-state index contributed by atoms with van der Waals surface area (Å²) in [6.45, 7) is 4.46. The molecular weight excluding hydrogens is 234 g/mol. The van der Waals surface area contributed by atoms with Gasteiger partial charge in [0.2, 0.25) is 16.9 Å². The fourth-order valence-electron chi connectivity index (χ4n) is 2.36. The van der Waals surface area contributed by atoms with E-state index in [2.05, 4.69) is 6.92 Å². The van der Waals surface area contributed by atoms with Crippen molar-refractivity contribution in [2.45, 2.75) is 32.9 Å². The molecule has 0 aromatic carbocycles. The zero-order chi connectivity index (χ0) is 13.1. The highest BCUT2D eigenvalue weighted by Gasteiger charge is 2.22. The maximum Gasteiger partial charge on any atom is 0.227 e. The summed E-state index contributed by atoms with van der Waals surface area (Å²) in [7, 11) is 0. The van der Waals surface area contributed by atoms with Gasteiger partial charge in [0, 0.05) is 6.07 Å². The first-order valence-electron chi connectivity index (χ1n) is 6.39. The molecular formula is C13H20NO4+. The third-order valence-electron chi connectivity index (χ3n) is 3.59. The number of nitrogens with one attached hydrogen (secondary N) is 1. The van der Waals surface area contributed by atoms with Gasteiger partial charge in [-0.05, 0) is 18.8 Å². The summed E-state index contributed by atoms with van der Waals surface area (Å²) in [4.78, 5) is 12.8. The first kappa shape index (κ1) is 13.1. The predicted octanol–water partition coefficient (Wildman–Crippen LogP) is -0.348. The van der Waals surface area contributed by atoms with Crippen molar-refractivity contribution in [1.29, 1.82) is 0 Å². The standard InChI is InChI=1S/C13H19NO4/c1-9-2-4-14(5-3-9)7-12-13(17)11(16)6-10(8-15)18-12/h6,9,15,17H,2-5,7-8H2,1H3/p+1. The molecule has 1 fully saturated rings. The number of aromatic hydroxyl groups is 1. The number of hydrogen-bond acceptors (Lipinski definition) is 4. The Bertz CT molecular complexity index is 461. The highest BCUT2D eigenvalue weighted by Crippen LogP contribution is 2.13. The number of aliphatic hydroxyl groups excluding tert-OH is 1. The van der Waals surface area contributed by atoms with Gasteiger partial charge in [0.25, 0.3) is 0 Å². The number of likely N-dealkylation sites (tertiary alicyclic amines) is 1. The van der Waals surface area contributed by atoms with Crippen LogP contribution in [0.5, 0.6) is 5.75 Å². The first-order chi connectivity index (χ1) is 8.60. The number of rotatable bonds is 3. The largest absolute Gasteiger partial charge is 0.502 e. The molecule has 5 heteroatoms. The van der Waals surface area contributed by atoms with Crippen LogP contribution >= 0.6 is 0 Å². The zero-order valence-corrected chi connectivity index (χ0v) is 10.6. The molecule has 1 aromatic heterocycles. The molecule has 1 saturated heterocycles. The van der Waals surface area contributed by atoms with Crippen LogP contribution in [0.25, 0.3) is 0 Å². The maximum absolute atomic E-state index is 11.5. The number of quaternary nitrogens is 1. The molecule has 18 heavy (non-hydrogen) atoms. The van der Waals surface area contributed by atoms with E-state index in [9.17, 15) is 9.90 Å². The van der Waals surface area contributed by atoms with Gasteiger partial charge in [-0.15, -0.1) is 0 Å². The molecule has 2 rings (SSSR count). The van der Waals surface area contributed by atoms with Crippen LogP contribution in [0.15, 0.2) is 15.3 Å². The van der Waals surface area contributed by atoms with Crippen molar-refractivity contribution in [1.82, 2.24) is 0 Å². The Hall–Kier alpha value is -1.33.